The Bertz CT molecular complexity index is 237. The van der Waals surface area contributed by atoms with Gasteiger partial charge in [0, 0.05) is 13.2 Å². The van der Waals surface area contributed by atoms with Crippen molar-refractivity contribution in [2.45, 2.75) is 6.04 Å². The first-order chi connectivity index (χ1) is 6.29. The van der Waals surface area contributed by atoms with E-state index >= 15 is 0 Å². The van der Waals surface area contributed by atoms with Crippen molar-refractivity contribution in [1.29, 1.82) is 0 Å². The van der Waals surface area contributed by atoms with Gasteiger partial charge in [-0.25, -0.2) is 4.98 Å². The van der Waals surface area contributed by atoms with Gasteiger partial charge < -0.3 is 15.1 Å². The lowest BCUT2D eigenvalue weighted by molar-refractivity contribution is 0.190. The number of aliphatic hydroxyl groups is 2. The highest BCUT2D eigenvalue weighted by Crippen LogP contribution is 2.09. The molecule has 0 saturated carbocycles. The van der Waals surface area contributed by atoms with E-state index in [2.05, 4.69) is 4.98 Å². The molecule has 0 fully saturated rings. The van der Waals surface area contributed by atoms with Gasteiger partial charge in [0.1, 0.15) is 5.82 Å². The fraction of sp³-hybridized carbons (Fsp3) is 0.444. The Kier molecular flexibility index (Phi) is 3.67. The van der Waals surface area contributed by atoms with Crippen molar-refractivity contribution in [3.05, 3.63) is 24.4 Å². The Labute approximate surface area is 77.5 Å². The van der Waals surface area contributed by atoms with E-state index in [-0.39, 0.29) is 19.3 Å². The van der Waals surface area contributed by atoms with Crippen LogP contribution in [0.2, 0.25) is 0 Å². The van der Waals surface area contributed by atoms with Crippen LogP contribution in [0.5, 0.6) is 0 Å². The van der Waals surface area contributed by atoms with Crippen molar-refractivity contribution >= 4 is 5.82 Å². The maximum absolute atomic E-state index is 8.93. The SMILES string of the molecule is CN(c1ccccn1)C(CO)CO. The summed E-state index contributed by atoms with van der Waals surface area (Å²) in [5, 5.41) is 17.9. The number of rotatable bonds is 4. The maximum Gasteiger partial charge on any atom is 0.128 e. The topological polar surface area (TPSA) is 56.6 Å². The van der Waals surface area contributed by atoms with Crippen LogP contribution in [0, 0.1) is 0 Å². The highest BCUT2D eigenvalue weighted by atomic mass is 16.3. The summed E-state index contributed by atoms with van der Waals surface area (Å²) in [6.45, 7) is -0.160. The van der Waals surface area contributed by atoms with E-state index in [1.165, 1.54) is 0 Å². The molecule has 1 aromatic heterocycles. The Morgan fingerprint density at radius 1 is 1.38 bits per heavy atom. The summed E-state index contributed by atoms with van der Waals surface area (Å²) in [5.74, 6) is 0.746. The lowest BCUT2D eigenvalue weighted by Gasteiger charge is -2.25. The second-order valence-electron chi connectivity index (χ2n) is 2.82. The molecule has 0 aliphatic carbocycles. The fourth-order valence-corrected chi connectivity index (χ4v) is 1.05. The Morgan fingerprint density at radius 3 is 2.54 bits per heavy atom. The van der Waals surface area contributed by atoms with Gasteiger partial charge in [0.25, 0.3) is 0 Å². The van der Waals surface area contributed by atoms with Crippen molar-refractivity contribution in [1.82, 2.24) is 4.98 Å². The maximum atomic E-state index is 8.93. The van der Waals surface area contributed by atoms with Crippen LogP contribution in [0.1, 0.15) is 0 Å². The third-order valence-electron chi connectivity index (χ3n) is 1.98. The average molecular weight is 182 g/mol. The largest absolute Gasteiger partial charge is 0.394 e. The van der Waals surface area contributed by atoms with Crippen LogP contribution >= 0.6 is 0 Å². The molecule has 72 valence electrons. The number of aliphatic hydroxyl groups excluding tert-OH is 2. The molecule has 0 spiro atoms. The number of pyridine rings is 1. The standard InChI is InChI=1S/C9H14N2O2/c1-11(8(6-12)7-13)9-4-2-3-5-10-9/h2-5,8,12-13H,6-7H2,1H3. The molecule has 1 heterocycles. The second-order valence-corrected chi connectivity index (χ2v) is 2.82. The van der Waals surface area contributed by atoms with Gasteiger partial charge in [0.05, 0.1) is 19.3 Å². The van der Waals surface area contributed by atoms with E-state index in [9.17, 15) is 0 Å². The van der Waals surface area contributed by atoms with Gasteiger partial charge >= 0.3 is 0 Å². The smallest absolute Gasteiger partial charge is 0.128 e. The lowest BCUT2D eigenvalue weighted by Crippen LogP contribution is -2.38. The molecule has 0 aliphatic heterocycles. The Morgan fingerprint density at radius 2 is 2.08 bits per heavy atom. The first-order valence-corrected chi connectivity index (χ1v) is 4.15. The molecule has 0 aliphatic rings. The van der Waals surface area contributed by atoms with Crippen LogP contribution in [0.3, 0.4) is 0 Å². The van der Waals surface area contributed by atoms with Gasteiger partial charge in [-0.15, -0.1) is 0 Å². The summed E-state index contributed by atoms with van der Waals surface area (Å²) >= 11 is 0. The van der Waals surface area contributed by atoms with Gasteiger partial charge in [-0.1, -0.05) is 6.07 Å². The van der Waals surface area contributed by atoms with E-state index < -0.39 is 0 Å². The molecule has 0 atom stereocenters. The molecule has 0 unspecified atom stereocenters. The van der Waals surface area contributed by atoms with Crippen LogP contribution < -0.4 is 4.90 Å². The highest BCUT2D eigenvalue weighted by Gasteiger charge is 2.13. The lowest BCUT2D eigenvalue weighted by atomic mass is 10.3. The van der Waals surface area contributed by atoms with E-state index in [1.54, 1.807) is 18.1 Å². The molecule has 0 saturated heterocycles. The molecule has 0 bridgehead atoms. The number of aromatic nitrogens is 1. The number of hydrogen-bond acceptors (Lipinski definition) is 4. The summed E-state index contributed by atoms with van der Waals surface area (Å²) in [6.07, 6.45) is 1.68. The minimum absolute atomic E-state index is 0.0798. The van der Waals surface area contributed by atoms with Gasteiger partial charge in [0.2, 0.25) is 0 Å². The molecular weight excluding hydrogens is 168 g/mol. The second kappa shape index (κ2) is 4.79. The average Bonchev–Trinajstić information content (AvgIpc) is 2.21. The number of anilines is 1. The van der Waals surface area contributed by atoms with Gasteiger partial charge in [-0.05, 0) is 12.1 Å². The first-order valence-electron chi connectivity index (χ1n) is 4.15. The van der Waals surface area contributed by atoms with Crippen LogP contribution in [-0.4, -0.2) is 41.5 Å². The summed E-state index contributed by atoms with van der Waals surface area (Å²) in [5.41, 5.74) is 0. The van der Waals surface area contributed by atoms with Gasteiger partial charge in [-0.2, -0.15) is 0 Å². The molecule has 4 nitrogen and oxygen atoms in total. The minimum atomic E-state index is -0.283. The normalized spacial score (nSPS) is 10.5. The molecule has 4 heteroatoms. The number of nitrogens with zero attached hydrogens (tertiary/aromatic N) is 2. The molecule has 0 amide bonds. The molecule has 0 radical (unpaired) electrons. The third kappa shape index (κ3) is 2.40. The zero-order valence-corrected chi connectivity index (χ0v) is 7.59. The Hall–Kier alpha value is -1.13. The van der Waals surface area contributed by atoms with Crippen molar-refractivity contribution in [3.8, 4) is 0 Å². The van der Waals surface area contributed by atoms with Crippen LogP contribution in [-0.2, 0) is 0 Å². The zero-order valence-electron chi connectivity index (χ0n) is 7.59. The van der Waals surface area contributed by atoms with Crippen molar-refractivity contribution in [2.75, 3.05) is 25.2 Å². The molecule has 13 heavy (non-hydrogen) atoms. The molecule has 1 aromatic rings. The number of likely N-dealkylation sites (N-methyl/N-ethyl adjacent to an activating group) is 1. The summed E-state index contributed by atoms with van der Waals surface area (Å²) in [6, 6.07) is 5.24. The van der Waals surface area contributed by atoms with Crippen molar-refractivity contribution < 1.29 is 10.2 Å². The minimum Gasteiger partial charge on any atom is -0.394 e. The van der Waals surface area contributed by atoms with E-state index in [4.69, 9.17) is 10.2 Å². The zero-order chi connectivity index (χ0) is 9.68. The fourth-order valence-electron chi connectivity index (χ4n) is 1.05. The van der Waals surface area contributed by atoms with Gasteiger partial charge in [-0.3, -0.25) is 0 Å². The van der Waals surface area contributed by atoms with Crippen molar-refractivity contribution in [3.63, 3.8) is 0 Å². The quantitative estimate of drug-likeness (QED) is 0.681. The summed E-state index contributed by atoms with van der Waals surface area (Å²) < 4.78 is 0. The third-order valence-corrected chi connectivity index (χ3v) is 1.98. The monoisotopic (exact) mass is 182 g/mol. The first kappa shape index (κ1) is 9.95. The van der Waals surface area contributed by atoms with Crippen LogP contribution in [0.4, 0.5) is 5.82 Å². The van der Waals surface area contributed by atoms with Crippen LogP contribution in [0.15, 0.2) is 24.4 Å². The van der Waals surface area contributed by atoms with Crippen molar-refractivity contribution in [2.24, 2.45) is 0 Å². The van der Waals surface area contributed by atoms with E-state index in [0.717, 1.165) is 5.82 Å². The predicted molar refractivity (Wildman–Crippen MR) is 50.6 cm³/mol. The molecule has 0 aromatic carbocycles. The molecule has 2 N–H and O–H groups in total. The van der Waals surface area contributed by atoms with Gasteiger partial charge in [0.15, 0.2) is 0 Å². The number of hydrogen-bond donors (Lipinski definition) is 2. The Balaban J connectivity index is 2.72. The van der Waals surface area contributed by atoms with E-state index in [0.29, 0.717) is 0 Å². The highest BCUT2D eigenvalue weighted by molar-refractivity contribution is 5.37. The molecule has 1 rings (SSSR count). The van der Waals surface area contributed by atoms with E-state index in [1.807, 2.05) is 18.2 Å². The summed E-state index contributed by atoms with van der Waals surface area (Å²) in [7, 11) is 1.79. The predicted octanol–water partition coefficient (Wildman–Crippen LogP) is -0.129. The van der Waals surface area contributed by atoms with Crippen LogP contribution in [0.25, 0.3) is 0 Å². The molecular formula is C9H14N2O2. The summed E-state index contributed by atoms with van der Waals surface area (Å²) in [4.78, 5) is 5.85.